The third-order valence-electron chi connectivity index (χ3n) is 3.79. The minimum atomic E-state index is -0.125. The Bertz CT molecular complexity index is 813. The van der Waals surface area contributed by atoms with Gasteiger partial charge in [-0.2, -0.15) is 0 Å². The average Bonchev–Trinajstić information content (AvgIpc) is 2.49. The predicted octanol–water partition coefficient (Wildman–Crippen LogP) is 5.56. The van der Waals surface area contributed by atoms with Crippen molar-refractivity contribution in [2.24, 2.45) is 5.73 Å². The maximum atomic E-state index is 6.63. The molecule has 1 atom stereocenters. The van der Waals surface area contributed by atoms with Crippen LogP contribution in [0.2, 0.25) is 0 Å². The van der Waals surface area contributed by atoms with Crippen molar-refractivity contribution < 1.29 is 0 Å². The topological polar surface area (TPSA) is 26.0 Å². The van der Waals surface area contributed by atoms with Crippen LogP contribution in [0, 0.1) is 10.5 Å². The smallest absolute Gasteiger partial charge is 0.0571 e. The number of hydrogen-bond donors (Lipinski definition) is 1. The van der Waals surface area contributed by atoms with E-state index in [0.717, 1.165) is 10.0 Å². The molecule has 0 saturated heterocycles. The van der Waals surface area contributed by atoms with Crippen molar-refractivity contribution in [2.75, 3.05) is 0 Å². The van der Waals surface area contributed by atoms with Crippen LogP contribution >= 0.6 is 38.5 Å². The Morgan fingerprint density at radius 1 is 1.05 bits per heavy atom. The van der Waals surface area contributed by atoms with Gasteiger partial charge in [-0.05, 0) is 75.2 Å². The number of aryl methyl sites for hydroxylation is 1. The van der Waals surface area contributed by atoms with Crippen LogP contribution < -0.4 is 5.73 Å². The lowest BCUT2D eigenvalue weighted by Gasteiger charge is -2.19. The Labute approximate surface area is 146 Å². The summed E-state index contributed by atoms with van der Waals surface area (Å²) in [6.45, 7) is 2.13. The van der Waals surface area contributed by atoms with E-state index in [4.69, 9.17) is 5.73 Å². The highest BCUT2D eigenvalue weighted by atomic mass is 127. The molecule has 0 saturated carbocycles. The van der Waals surface area contributed by atoms with Gasteiger partial charge >= 0.3 is 0 Å². The molecule has 3 rings (SSSR count). The maximum Gasteiger partial charge on any atom is 0.0571 e. The zero-order valence-corrected chi connectivity index (χ0v) is 15.4. The summed E-state index contributed by atoms with van der Waals surface area (Å²) in [5.74, 6) is 0. The Balaban J connectivity index is 2.24. The lowest BCUT2D eigenvalue weighted by Crippen LogP contribution is -2.15. The molecule has 0 fully saturated rings. The van der Waals surface area contributed by atoms with E-state index in [0.29, 0.717) is 0 Å². The molecule has 0 bridgehead atoms. The average molecular weight is 452 g/mol. The number of nitrogens with two attached hydrogens (primary N) is 1. The Hall–Kier alpha value is -0.910. The first-order valence-corrected chi connectivity index (χ1v) is 8.64. The minimum Gasteiger partial charge on any atom is -0.320 e. The molecule has 0 heterocycles. The van der Waals surface area contributed by atoms with Crippen molar-refractivity contribution in [2.45, 2.75) is 13.0 Å². The largest absolute Gasteiger partial charge is 0.320 e. The fourth-order valence-electron chi connectivity index (χ4n) is 2.73. The highest BCUT2D eigenvalue weighted by Gasteiger charge is 2.17. The van der Waals surface area contributed by atoms with E-state index >= 15 is 0 Å². The van der Waals surface area contributed by atoms with E-state index < -0.39 is 0 Å². The van der Waals surface area contributed by atoms with E-state index in [9.17, 15) is 0 Å². The van der Waals surface area contributed by atoms with Crippen LogP contribution in [-0.4, -0.2) is 0 Å². The number of fused-ring (bicyclic) bond motifs is 1. The van der Waals surface area contributed by atoms with Crippen molar-refractivity contribution in [1.82, 2.24) is 0 Å². The van der Waals surface area contributed by atoms with E-state index in [2.05, 4.69) is 94.0 Å². The highest BCUT2D eigenvalue weighted by molar-refractivity contribution is 14.1. The molecule has 3 aromatic carbocycles. The van der Waals surface area contributed by atoms with Crippen LogP contribution in [0.15, 0.2) is 59.1 Å². The van der Waals surface area contributed by atoms with Crippen LogP contribution in [0.1, 0.15) is 22.7 Å². The highest BCUT2D eigenvalue weighted by Crippen LogP contribution is 2.33. The zero-order chi connectivity index (χ0) is 15.0. The van der Waals surface area contributed by atoms with Gasteiger partial charge in [-0.3, -0.25) is 0 Å². The summed E-state index contributed by atoms with van der Waals surface area (Å²) >= 11 is 5.90. The van der Waals surface area contributed by atoms with Gasteiger partial charge in [0.05, 0.1) is 6.04 Å². The first-order valence-electron chi connectivity index (χ1n) is 6.76. The van der Waals surface area contributed by atoms with Crippen LogP contribution in [0.3, 0.4) is 0 Å². The van der Waals surface area contributed by atoms with Crippen LogP contribution in [0.5, 0.6) is 0 Å². The van der Waals surface area contributed by atoms with E-state index in [1.54, 1.807) is 0 Å². The monoisotopic (exact) mass is 451 g/mol. The summed E-state index contributed by atoms with van der Waals surface area (Å²) in [6.07, 6.45) is 0. The SMILES string of the molecule is Cc1ccc2ccccc2c1C(N)c1cc(Br)ccc1I. The summed E-state index contributed by atoms with van der Waals surface area (Å²) in [7, 11) is 0. The Kier molecular flexibility index (Phi) is 4.33. The second-order valence-electron chi connectivity index (χ2n) is 5.16. The van der Waals surface area contributed by atoms with Gasteiger partial charge in [0.1, 0.15) is 0 Å². The van der Waals surface area contributed by atoms with Crippen LogP contribution in [0.25, 0.3) is 10.8 Å². The minimum absolute atomic E-state index is 0.125. The summed E-state index contributed by atoms with van der Waals surface area (Å²) in [5.41, 5.74) is 10.2. The van der Waals surface area contributed by atoms with Gasteiger partial charge in [0.2, 0.25) is 0 Å². The molecule has 0 amide bonds. The molecule has 0 aliphatic carbocycles. The van der Waals surface area contributed by atoms with Crippen molar-refractivity contribution in [3.05, 3.63) is 79.3 Å². The second kappa shape index (κ2) is 6.07. The van der Waals surface area contributed by atoms with E-state index in [-0.39, 0.29) is 6.04 Å². The molecular weight excluding hydrogens is 437 g/mol. The molecule has 0 aliphatic heterocycles. The number of halogens is 2. The van der Waals surface area contributed by atoms with E-state index in [1.807, 2.05) is 6.07 Å². The molecule has 0 aromatic heterocycles. The summed E-state index contributed by atoms with van der Waals surface area (Å²) in [6, 6.07) is 18.9. The molecule has 0 aliphatic rings. The van der Waals surface area contributed by atoms with Gasteiger partial charge in [-0.15, -0.1) is 0 Å². The van der Waals surface area contributed by atoms with E-state index in [1.165, 1.54) is 25.5 Å². The maximum absolute atomic E-state index is 6.63. The van der Waals surface area contributed by atoms with Crippen LogP contribution in [0.4, 0.5) is 0 Å². The third kappa shape index (κ3) is 2.87. The number of rotatable bonds is 2. The normalized spacial score (nSPS) is 12.6. The van der Waals surface area contributed by atoms with Crippen molar-refractivity contribution >= 4 is 49.3 Å². The summed E-state index contributed by atoms with van der Waals surface area (Å²) in [5, 5.41) is 2.47. The van der Waals surface area contributed by atoms with Gasteiger partial charge in [-0.25, -0.2) is 0 Å². The second-order valence-corrected chi connectivity index (χ2v) is 7.24. The molecule has 0 spiro atoms. The zero-order valence-electron chi connectivity index (χ0n) is 11.6. The third-order valence-corrected chi connectivity index (χ3v) is 5.27. The lowest BCUT2D eigenvalue weighted by atomic mass is 9.91. The number of benzene rings is 3. The molecule has 1 unspecified atom stereocenters. The Morgan fingerprint density at radius 3 is 2.62 bits per heavy atom. The molecular formula is C18H15BrIN. The first-order chi connectivity index (χ1) is 10.1. The van der Waals surface area contributed by atoms with Crippen molar-refractivity contribution in [1.29, 1.82) is 0 Å². The van der Waals surface area contributed by atoms with Crippen LogP contribution in [-0.2, 0) is 0 Å². The molecule has 106 valence electrons. The molecule has 1 nitrogen and oxygen atoms in total. The van der Waals surface area contributed by atoms with Gasteiger partial charge in [0.25, 0.3) is 0 Å². The molecule has 3 aromatic rings. The fraction of sp³-hybridized carbons (Fsp3) is 0.111. The van der Waals surface area contributed by atoms with Gasteiger partial charge in [0.15, 0.2) is 0 Å². The Morgan fingerprint density at radius 2 is 1.81 bits per heavy atom. The molecule has 2 N–H and O–H groups in total. The fourth-order valence-corrected chi connectivity index (χ4v) is 3.78. The van der Waals surface area contributed by atoms with Gasteiger partial charge in [-0.1, -0.05) is 52.3 Å². The summed E-state index contributed by atoms with van der Waals surface area (Å²) < 4.78 is 2.25. The summed E-state index contributed by atoms with van der Waals surface area (Å²) in [4.78, 5) is 0. The molecule has 21 heavy (non-hydrogen) atoms. The predicted molar refractivity (Wildman–Crippen MR) is 102 cm³/mol. The lowest BCUT2D eigenvalue weighted by molar-refractivity contribution is 0.864. The van der Waals surface area contributed by atoms with Gasteiger partial charge in [0, 0.05) is 8.04 Å². The number of hydrogen-bond acceptors (Lipinski definition) is 1. The standard InChI is InChI=1S/C18H15BrIN/c1-11-6-7-12-4-2-3-5-14(12)17(11)18(21)15-10-13(19)8-9-16(15)20/h2-10,18H,21H2,1H3. The van der Waals surface area contributed by atoms with Crippen molar-refractivity contribution in [3.63, 3.8) is 0 Å². The first kappa shape index (κ1) is 15.0. The van der Waals surface area contributed by atoms with Crippen molar-refractivity contribution in [3.8, 4) is 0 Å². The molecule has 0 radical (unpaired) electrons. The van der Waals surface area contributed by atoms with Gasteiger partial charge < -0.3 is 5.73 Å². The quantitative estimate of drug-likeness (QED) is 0.507. The molecule has 3 heteroatoms.